The number of alkyl halides is 3. The van der Waals surface area contributed by atoms with Gasteiger partial charge in [-0.25, -0.2) is 18.1 Å². The monoisotopic (exact) mass is 607 g/mol. The van der Waals surface area contributed by atoms with E-state index in [0.29, 0.717) is 36.1 Å². The van der Waals surface area contributed by atoms with Gasteiger partial charge in [0.2, 0.25) is 16.0 Å². The number of hydrogen-bond donors (Lipinski definition) is 4. The fourth-order valence-corrected chi connectivity index (χ4v) is 5.34. The van der Waals surface area contributed by atoms with Crippen LogP contribution in [0.15, 0.2) is 48.7 Å². The van der Waals surface area contributed by atoms with Crippen molar-refractivity contribution in [3.63, 3.8) is 0 Å². The van der Waals surface area contributed by atoms with Crippen LogP contribution in [0.3, 0.4) is 0 Å². The van der Waals surface area contributed by atoms with Crippen LogP contribution in [0, 0.1) is 0 Å². The maximum Gasteiger partial charge on any atom is 0.421 e. The van der Waals surface area contributed by atoms with Crippen LogP contribution in [-0.2, 0) is 22.6 Å². The number of fused-ring (bicyclic) bond motifs is 1. The van der Waals surface area contributed by atoms with Gasteiger partial charge in [-0.15, -0.1) is 0 Å². The summed E-state index contributed by atoms with van der Waals surface area (Å²) in [5.74, 6) is -0.755. The minimum atomic E-state index is -4.79. The van der Waals surface area contributed by atoms with Crippen molar-refractivity contribution in [3.05, 3.63) is 70.9 Å². The van der Waals surface area contributed by atoms with Crippen LogP contribution >= 0.6 is 0 Å². The van der Waals surface area contributed by atoms with E-state index in [1.165, 1.54) is 25.3 Å². The first-order chi connectivity index (χ1) is 19.7. The molecule has 15 heteroatoms. The summed E-state index contributed by atoms with van der Waals surface area (Å²) in [6, 6.07) is 10.0. The number of benzene rings is 2. The van der Waals surface area contributed by atoms with Gasteiger partial charge >= 0.3 is 6.18 Å². The highest BCUT2D eigenvalue weighted by Crippen LogP contribution is 2.38. The van der Waals surface area contributed by atoms with Crippen LogP contribution in [-0.4, -0.2) is 75.8 Å². The Labute approximate surface area is 241 Å². The number of sulfonamides is 1. The Kier molecular flexibility index (Phi) is 9.23. The van der Waals surface area contributed by atoms with E-state index in [2.05, 4.69) is 30.6 Å². The second-order valence-corrected chi connectivity index (χ2v) is 11.9. The molecule has 4 N–H and O–H groups in total. The smallest absolute Gasteiger partial charge is 0.421 e. The molecule has 0 bridgehead atoms. The van der Waals surface area contributed by atoms with E-state index < -0.39 is 39.7 Å². The summed E-state index contributed by atoms with van der Waals surface area (Å²) < 4.78 is 74.0. The van der Waals surface area contributed by atoms with Crippen LogP contribution in [0.25, 0.3) is 0 Å². The summed E-state index contributed by atoms with van der Waals surface area (Å²) in [5.41, 5.74) is 0.999. The molecule has 1 aliphatic carbocycles. The minimum absolute atomic E-state index is 0.171. The highest BCUT2D eigenvalue weighted by Gasteiger charge is 2.39. The summed E-state index contributed by atoms with van der Waals surface area (Å²) in [6.45, 7) is 1.10. The van der Waals surface area contributed by atoms with Gasteiger partial charge in [0.15, 0.2) is 0 Å². The molecule has 0 aliphatic heterocycles. The van der Waals surface area contributed by atoms with Crippen molar-refractivity contribution in [2.24, 2.45) is 0 Å². The third-order valence-electron chi connectivity index (χ3n) is 6.54. The Bertz CT molecular complexity index is 1550. The van der Waals surface area contributed by atoms with Gasteiger partial charge < -0.3 is 25.6 Å². The summed E-state index contributed by atoms with van der Waals surface area (Å²) in [4.78, 5) is 22.4. The van der Waals surface area contributed by atoms with E-state index >= 15 is 0 Å². The Morgan fingerprint density at radius 2 is 1.90 bits per heavy atom. The number of aromatic nitrogens is 2. The van der Waals surface area contributed by atoms with Crippen LogP contribution in [0.4, 0.5) is 30.6 Å². The molecule has 1 heterocycles. The fourth-order valence-electron chi connectivity index (χ4n) is 4.59. The number of halogens is 3. The highest BCUT2D eigenvalue weighted by atomic mass is 32.2. The number of carbonyl (C=O) groups excluding carboxylic acids is 1. The Morgan fingerprint density at radius 1 is 1.17 bits per heavy atom. The number of carbonyl (C=O) groups is 1. The molecule has 3 aromatic rings. The molecule has 1 aromatic heterocycles. The molecule has 0 saturated heterocycles. The molecule has 0 fully saturated rings. The zero-order valence-corrected chi connectivity index (χ0v) is 24.2. The predicted octanol–water partition coefficient (Wildman–Crippen LogP) is 3.17. The van der Waals surface area contributed by atoms with Crippen molar-refractivity contribution in [1.29, 1.82) is 0 Å². The maximum absolute atomic E-state index is 14.0. The molecule has 0 saturated carbocycles. The van der Waals surface area contributed by atoms with Crippen molar-refractivity contribution in [2.45, 2.75) is 24.7 Å². The lowest BCUT2D eigenvalue weighted by Crippen LogP contribution is -2.38. The van der Waals surface area contributed by atoms with Crippen LogP contribution in [0.2, 0.25) is 0 Å². The molecule has 0 spiro atoms. The van der Waals surface area contributed by atoms with Gasteiger partial charge in [-0.1, -0.05) is 24.3 Å². The second-order valence-electron chi connectivity index (χ2n) is 10.1. The van der Waals surface area contributed by atoms with Crippen molar-refractivity contribution >= 4 is 33.4 Å². The number of anilines is 3. The first-order valence-corrected chi connectivity index (χ1v) is 14.8. The van der Waals surface area contributed by atoms with Gasteiger partial charge in [-0.3, -0.25) is 4.79 Å². The second kappa shape index (κ2) is 12.5. The van der Waals surface area contributed by atoms with Gasteiger partial charge in [0.1, 0.15) is 17.1 Å². The molecule has 42 heavy (non-hydrogen) atoms. The molecule has 1 aliphatic rings. The van der Waals surface area contributed by atoms with Crippen molar-refractivity contribution in [2.75, 3.05) is 51.2 Å². The van der Waals surface area contributed by atoms with Gasteiger partial charge in [0.05, 0.1) is 31.1 Å². The standard InChI is InChI=1S/C27H32F3N7O4S/c1-37(2)12-11-31-25(38)17-9-10-20(22(14-17)41-3)34-26-32-15-19(27(28,29)30)24(35-26)33-21-13-16-7-5-6-8-18(16)23(21)36-42(4,39)40/h5-10,14-15,21,23,36H,11-13H2,1-4H3,(H,31,38)(H2,32,33,34,35)/t21-,23+/m1/s1. The van der Waals surface area contributed by atoms with E-state index in [1.54, 1.807) is 24.3 Å². The van der Waals surface area contributed by atoms with Crippen molar-refractivity contribution < 1.29 is 31.1 Å². The number of rotatable bonds is 11. The summed E-state index contributed by atoms with van der Waals surface area (Å²) in [7, 11) is 1.47. The number of nitrogens with zero attached hydrogens (tertiary/aromatic N) is 3. The van der Waals surface area contributed by atoms with Crippen LogP contribution in [0.1, 0.15) is 33.1 Å². The number of methoxy groups -OCH3 is 1. The van der Waals surface area contributed by atoms with Gasteiger partial charge in [0, 0.05) is 24.8 Å². The first-order valence-electron chi connectivity index (χ1n) is 12.9. The van der Waals surface area contributed by atoms with Crippen LogP contribution < -0.4 is 25.4 Å². The normalized spacial score (nSPS) is 16.7. The van der Waals surface area contributed by atoms with Crippen molar-refractivity contribution in [3.8, 4) is 5.75 Å². The molecule has 2 atom stereocenters. The third-order valence-corrected chi connectivity index (χ3v) is 7.23. The molecule has 0 unspecified atom stereocenters. The van der Waals surface area contributed by atoms with E-state index in [4.69, 9.17) is 4.74 Å². The lowest BCUT2D eigenvalue weighted by molar-refractivity contribution is -0.137. The van der Waals surface area contributed by atoms with E-state index in [9.17, 15) is 26.4 Å². The summed E-state index contributed by atoms with van der Waals surface area (Å²) in [6.07, 6.45) is -2.88. The topological polar surface area (TPSA) is 138 Å². The van der Waals surface area contributed by atoms with E-state index in [0.717, 1.165) is 11.8 Å². The molecule has 0 radical (unpaired) electrons. The number of amides is 1. The fraction of sp³-hybridized carbons (Fsp3) is 0.370. The molecular weight excluding hydrogens is 575 g/mol. The average molecular weight is 608 g/mol. The lowest BCUT2D eigenvalue weighted by Gasteiger charge is -2.24. The van der Waals surface area contributed by atoms with Gasteiger partial charge in [0.25, 0.3) is 5.91 Å². The zero-order chi connectivity index (χ0) is 30.7. The van der Waals surface area contributed by atoms with Crippen molar-refractivity contribution in [1.82, 2.24) is 24.9 Å². The molecule has 2 aromatic carbocycles. The first kappa shape index (κ1) is 31.0. The molecular formula is C27H32F3N7O4S. The summed E-state index contributed by atoms with van der Waals surface area (Å²) in [5, 5.41) is 8.47. The maximum atomic E-state index is 14.0. The summed E-state index contributed by atoms with van der Waals surface area (Å²) >= 11 is 0. The van der Waals surface area contributed by atoms with E-state index in [-0.39, 0.29) is 24.0 Å². The predicted molar refractivity (Wildman–Crippen MR) is 152 cm³/mol. The number of likely N-dealkylation sites (N-methyl/N-ethyl adjacent to an activating group) is 1. The zero-order valence-electron chi connectivity index (χ0n) is 23.4. The molecule has 1 amide bonds. The molecule has 4 rings (SSSR count). The quantitative estimate of drug-likeness (QED) is 0.259. The average Bonchev–Trinajstić information content (AvgIpc) is 3.23. The molecule has 11 nitrogen and oxygen atoms in total. The van der Waals surface area contributed by atoms with Gasteiger partial charge in [-0.05, 0) is 49.8 Å². The Morgan fingerprint density at radius 3 is 2.57 bits per heavy atom. The number of nitrogens with one attached hydrogen (secondary N) is 4. The SMILES string of the molecule is COc1cc(C(=O)NCCN(C)C)ccc1Nc1ncc(C(F)(F)F)c(N[C@@H]2Cc3ccccc3[C@@H]2NS(C)(=O)=O)n1. The molecule has 226 valence electrons. The number of ether oxygens (including phenoxy) is 1. The largest absolute Gasteiger partial charge is 0.495 e. The van der Waals surface area contributed by atoms with E-state index in [1.807, 2.05) is 19.0 Å². The Balaban J connectivity index is 1.61. The highest BCUT2D eigenvalue weighted by molar-refractivity contribution is 7.88. The van der Waals surface area contributed by atoms with Crippen LogP contribution in [0.5, 0.6) is 5.75 Å². The number of hydrogen-bond acceptors (Lipinski definition) is 9. The Hall–Kier alpha value is -3.95. The minimum Gasteiger partial charge on any atom is -0.495 e. The third kappa shape index (κ3) is 7.66. The lowest BCUT2D eigenvalue weighted by atomic mass is 10.1. The van der Waals surface area contributed by atoms with Gasteiger partial charge in [-0.2, -0.15) is 18.2 Å².